The Morgan fingerprint density at radius 1 is 1.40 bits per heavy atom. The third-order valence-electron chi connectivity index (χ3n) is 1.17. The van der Waals surface area contributed by atoms with Gasteiger partial charge < -0.3 is 0 Å². The SMILES string of the molecule is C=C(C)C(=O)CC(C)(C)C. The molecule has 0 aliphatic heterocycles. The Morgan fingerprint density at radius 3 is 1.90 bits per heavy atom. The molecule has 0 heterocycles. The molecule has 0 atom stereocenters. The number of carbonyl (C=O) groups excluding carboxylic acids is 1. The fraction of sp³-hybridized carbons (Fsp3) is 0.667. The molecule has 58 valence electrons. The molecule has 0 spiro atoms. The van der Waals surface area contributed by atoms with Crippen LogP contribution >= 0.6 is 0 Å². The molecule has 1 heteroatoms. The first-order valence-corrected chi connectivity index (χ1v) is 3.51. The Balaban J connectivity index is 3.93. The zero-order valence-electron chi connectivity index (χ0n) is 7.32. The van der Waals surface area contributed by atoms with Crippen molar-refractivity contribution in [3.63, 3.8) is 0 Å². The molecule has 0 unspecified atom stereocenters. The second kappa shape index (κ2) is 3.00. The van der Waals surface area contributed by atoms with Crippen LogP contribution in [0.3, 0.4) is 0 Å². The zero-order chi connectivity index (χ0) is 8.36. The summed E-state index contributed by atoms with van der Waals surface area (Å²) in [6.07, 6.45) is 0.600. The summed E-state index contributed by atoms with van der Waals surface area (Å²) in [5.41, 5.74) is 0.755. The molecule has 0 aliphatic rings. The Bertz CT molecular complexity index is 149. The van der Waals surface area contributed by atoms with Gasteiger partial charge in [-0.3, -0.25) is 4.79 Å². The summed E-state index contributed by atoms with van der Waals surface area (Å²) in [6, 6.07) is 0. The van der Waals surface area contributed by atoms with E-state index in [0.717, 1.165) is 0 Å². The summed E-state index contributed by atoms with van der Waals surface area (Å²) in [4.78, 5) is 11.1. The highest BCUT2D eigenvalue weighted by Gasteiger charge is 2.15. The molecule has 10 heavy (non-hydrogen) atoms. The lowest BCUT2D eigenvalue weighted by molar-refractivity contribution is -0.117. The second-order valence-electron chi connectivity index (χ2n) is 3.94. The normalized spacial score (nSPS) is 11.2. The summed E-state index contributed by atoms with van der Waals surface area (Å²) in [6.45, 7) is 11.5. The highest BCUT2D eigenvalue weighted by molar-refractivity contribution is 5.94. The first-order valence-electron chi connectivity index (χ1n) is 3.51. The highest BCUT2D eigenvalue weighted by Crippen LogP contribution is 2.20. The van der Waals surface area contributed by atoms with Crippen molar-refractivity contribution in [1.82, 2.24) is 0 Å². The van der Waals surface area contributed by atoms with E-state index in [1.54, 1.807) is 6.92 Å². The molecular formula is C9H16O. The van der Waals surface area contributed by atoms with E-state index < -0.39 is 0 Å². The number of carbonyl (C=O) groups is 1. The molecule has 0 bridgehead atoms. The van der Waals surface area contributed by atoms with E-state index in [0.29, 0.717) is 12.0 Å². The van der Waals surface area contributed by atoms with Gasteiger partial charge in [-0.15, -0.1) is 0 Å². The topological polar surface area (TPSA) is 17.1 Å². The molecule has 0 amide bonds. The Kier molecular flexibility index (Phi) is 2.82. The van der Waals surface area contributed by atoms with Crippen molar-refractivity contribution < 1.29 is 4.79 Å². The van der Waals surface area contributed by atoms with E-state index in [-0.39, 0.29) is 11.2 Å². The van der Waals surface area contributed by atoms with Gasteiger partial charge in [-0.25, -0.2) is 0 Å². The Labute approximate surface area is 63.1 Å². The molecule has 0 saturated heterocycles. The third-order valence-corrected chi connectivity index (χ3v) is 1.17. The van der Waals surface area contributed by atoms with Crippen LogP contribution in [0, 0.1) is 5.41 Å². The average molecular weight is 140 g/mol. The Hall–Kier alpha value is -0.590. The van der Waals surface area contributed by atoms with Crippen molar-refractivity contribution >= 4 is 5.78 Å². The maximum absolute atomic E-state index is 11.1. The molecule has 0 N–H and O–H groups in total. The first kappa shape index (κ1) is 9.41. The summed E-state index contributed by atoms with van der Waals surface area (Å²) >= 11 is 0. The lowest BCUT2D eigenvalue weighted by Gasteiger charge is -2.16. The van der Waals surface area contributed by atoms with E-state index in [9.17, 15) is 4.79 Å². The van der Waals surface area contributed by atoms with Crippen LogP contribution in [0.2, 0.25) is 0 Å². The lowest BCUT2D eigenvalue weighted by Crippen LogP contribution is -2.12. The van der Waals surface area contributed by atoms with Crippen LogP contribution in [-0.2, 0) is 4.79 Å². The fourth-order valence-electron chi connectivity index (χ4n) is 0.633. The number of Topliss-reactive ketones (excluding diaryl/α,β-unsaturated/α-hetero) is 1. The maximum Gasteiger partial charge on any atom is 0.158 e. The summed E-state index contributed by atoms with van der Waals surface area (Å²) in [5.74, 6) is 0.174. The van der Waals surface area contributed by atoms with Gasteiger partial charge in [0.05, 0.1) is 0 Å². The van der Waals surface area contributed by atoms with Crippen LogP contribution < -0.4 is 0 Å². The van der Waals surface area contributed by atoms with Crippen LogP contribution in [0.4, 0.5) is 0 Å². The molecule has 0 aliphatic carbocycles. The van der Waals surface area contributed by atoms with E-state index >= 15 is 0 Å². The molecule has 0 aromatic carbocycles. The van der Waals surface area contributed by atoms with Crippen molar-refractivity contribution in [3.8, 4) is 0 Å². The van der Waals surface area contributed by atoms with Gasteiger partial charge in [0.15, 0.2) is 5.78 Å². The summed E-state index contributed by atoms with van der Waals surface area (Å²) < 4.78 is 0. The molecule has 0 rings (SSSR count). The van der Waals surface area contributed by atoms with E-state index in [4.69, 9.17) is 0 Å². The third kappa shape index (κ3) is 4.30. The number of allylic oxidation sites excluding steroid dienone is 1. The predicted octanol–water partition coefficient (Wildman–Crippen LogP) is 2.57. The largest absolute Gasteiger partial charge is 0.295 e. The van der Waals surface area contributed by atoms with Gasteiger partial charge in [-0.1, -0.05) is 27.4 Å². The van der Waals surface area contributed by atoms with Crippen LogP contribution in [0.1, 0.15) is 34.1 Å². The Morgan fingerprint density at radius 2 is 1.80 bits per heavy atom. The highest BCUT2D eigenvalue weighted by atomic mass is 16.1. The van der Waals surface area contributed by atoms with Crippen molar-refractivity contribution in [2.75, 3.05) is 0 Å². The number of hydrogen-bond donors (Lipinski definition) is 0. The zero-order valence-corrected chi connectivity index (χ0v) is 7.32. The van der Waals surface area contributed by atoms with Crippen LogP contribution in [0.15, 0.2) is 12.2 Å². The van der Waals surface area contributed by atoms with E-state index in [2.05, 4.69) is 6.58 Å². The van der Waals surface area contributed by atoms with Gasteiger partial charge in [-0.05, 0) is 17.9 Å². The molecular weight excluding hydrogens is 124 g/mol. The van der Waals surface area contributed by atoms with Crippen LogP contribution in [0.5, 0.6) is 0 Å². The minimum atomic E-state index is 0.0933. The van der Waals surface area contributed by atoms with Gasteiger partial charge >= 0.3 is 0 Å². The minimum Gasteiger partial charge on any atom is -0.295 e. The number of hydrogen-bond acceptors (Lipinski definition) is 1. The van der Waals surface area contributed by atoms with Crippen LogP contribution in [0.25, 0.3) is 0 Å². The minimum absolute atomic E-state index is 0.0933. The van der Waals surface area contributed by atoms with E-state index in [1.165, 1.54) is 0 Å². The smallest absolute Gasteiger partial charge is 0.158 e. The standard InChI is InChI=1S/C9H16O/c1-7(2)8(10)6-9(3,4)5/h1,6H2,2-5H3. The summed E-state index contributed by atoms with van der Waals surface area (Å²) in [7, 11) is 0. The van der Waals surface area contributed by atoms with Gasteiger partial charge in [0.2, 0.25) is 0 Å². The molecule has 0 aromatic rings. The first-order chi connectivity index (χ1) is 4.33. The van der Waals surface area contributed by atoms with Crippen molar-refractivity contribution in [3.05, 3.63) is 12.2 Å². The van der Waals surface area contributed by atoms with E-state index in [1.807, 2.05) is 20.8 Å². The van der Waals surface area contributed by atoms with Crippen molar-refractivity contribution in [1.29, 1.82) is 0 Å². The molecule has 0 saturated carbocycles. The van der Waals surface area contributed by atoms with Crippen LogP contribution in [-0.4, -0.2) is 5.78 Å². The molecule has 1 nitrogen and oxygen atoms in total. The lowest BCUT2D eigenvalue weighted by atomic mass is 9.88. The van der Waals surface area contributed by atoms with Gasteiger partial charge in [0.25, 0.3) is 0 Å². The van der Waals surface area contributed by atoms with Gasteiger partial charge in [0, 0.05) is 6.42 Å². The summed E-state index contributed by atoms with van der Waals surface area (Å²) in [5, 5.41) is 0. The van der Waals surface area contributed by atoms with Crippen molar-refractivity contribution in [2.24, 2.45) is 5.41 Å². The predicted molar refractivity (Wildman–Crippen MR) is 43.9 cm³/mol. The quantitative estimate of drug-likeness (QED) is 0.539. The number of ketones is 1. The number of rotatable bonds is 2. The van der Waals surface area contributed by atoms with Gasteiger partial charge in [-0.2, -0.15) is 0 Å². The van der Waals surface area contributed by atoms with Crippen molar-refractivity contribution in [2.45, 2.75) is 34.1 Å². The maximum atomic E-state index is 11.1. The molecule has 0 radical (unpaired) electrons. The second-order valence-corrected chi connectivity index (χ2v) is 3.94. The molecule has 0 aromatic heterocycles. The molecule has 0 fully saturated rings. The monoisotopic (exact) mass is 140 g/mol. The average Bonchev–Trinajstić information content (AvgIpc) is 1.60. The fourth-order valence-corrected chi connectivity index (χ4v) is 0.633. The van der Waals surface area contributed by atoms with Gasteiger partial charge in [0.1, 0.15) is 0 Å².